The molecule has 0 amide bonds. The summed E-state index contributed by atoms with van der Waals surface area (Å²) < 4.78 is 6.08. The minimum Gasteiger partial charge on any atom is -0.367 e. The predicted octanol–water partition coefficient (Wildman–Crippen LogP) is 2.27. The lowest BCUT2D eigenvalue weighted by Crippen LogP contribution is -2.57. The van der Waals surface area contributed by atoms with Gasteiger partial charge in [-0.15, -0.1) is 0 Å². The van der Waals surface area contributed by atoms with E-state index in [4.69, 9.17) is 4.74 Å². The van der Waals surface area contributed by atoms with Gasteiger partial charge in [0.15, 0.2) is 0 Å². The Morgan fingerprint density at radius 2 is 1.59 bits per heavy atom. The predicted molar refractivity (Wildman–Crippen MR) is 73.5 cm³/mol. The first kappa shape index (κ1) is 14.9. The summed E-state index contributed by atoms with van der Waals surface area (Å²) in [6.07, 6.45) is 3.90. The molecule has 1 saturated heterocycles. The normalized spacial score (nSPS) is 23.8. The number of hydrogen-bond acceptors (Lipinski definition) is 3. The maximum absolute atomic E-state index is 6.08. The molecule has 3 nitrogen and oxygen atoms in total. The molecule has 0 atom stereocenters. The second kappa shape index (κ2) is 6.17. The van der Waals surface area contributed by atoms with Crippen LogP contribution in [0.15, 0.2) is 0 Å². The van der Waals surface area contributed by atoms with Crippen molar-refractivity contribution in [2.24, 2.45) is 0 Å². The summed E-state index contributed by atoms with van der Waals surface area (Å²) in [6.45, 7) is 13.2. The minimum absolute atomic E-state index is 0.00722. The lowest BCUT2D eigenvalue weighted by molar-refractivity contribution is -0.180. The van der Waals surface area contributed by atoms with Crippen molar-refractivity contribution in [3.8, 4) is 0 Å². The van der Waals surface area contributed by atoms with Crippen LogP contribution in [-0.2, 0) is 4.74 Å². The highest BCUT2D eigenvalue weighted by molar-refractivity contribution is 4.88. The Bertz CT molecular complexity index is 210. The molecule has 1 aliphatic rings. The van der Waals surface area contributed by atoms with E-state index in [1.165, 1.54) is 25.8 Å². The molecule has 0 aromatic rings. The van der Waals surface area contributed by atoms with Crippen molar-refractivity contribution in [2.45, 2.75) is 58.2 Å². The van der Waals surface area contributed by atoms with E-state index in [0.717, 1.165) is 19.6 Å². The Balaban J connectivity index is 2.28. The lowest BCUT2D eigenvalue weighted by Gasteiger charge is -2.47. The van der Waals surface area contributed by atoms with Crippen LogP contribution in [0.25, 0.3) is 0 Å². The molecule has 0 saturated carbocycles. The topological polar surface area (TPSA) is 24.5 Å². The van der Waals surface area contributed by atoms with Gasteiger partial charge in [0.25, 0.3) is 0 Å². The van der Waals surface area contributed by atoms with Gasteiger partial charge in [0, 0.05) is 13.1 Å². The highest BCUT2D eigenvalue weighted by Crippen LogP contribution is 2.28. The van der Waals surface area contributed by atoms with Crippen LogP contribution in [0.3, 0.4) is 0 Å². The molecule has 0 spiro atoms. The molecule has 1 aliphatic heterocycles. The fraction of sp³-hybridized carbons (Fsp3) is 1.00. The van der Waals surface area contributed by atoms with Crippen molar-refractivity contribution in [1.82, 2.24) is 10.2 Å². The van der Waals surface area contributed by atoms with Crippen LogP contribution >= 0.6 is 0 Å². The van der Waals surface area contributed by atoms with Gasteiger partial charge in [0.2, 0.25) is 0 Å². The molecule has 0 radical (unpaired) electrons. The first-order chi connectivity index (χ1) is 7.85. The summed E-state index contributed by atoms with van der Waals surface area (Å²) in [7, 11) is 2.02. The Morgan fingerprint density at radius 3 is 2.12 bits per heavy atom. The number of unbranched alkanes of at least 4 members (excludes halogenated alkanes) is 2. The second-order valence-electron chi connectivity index (χ2n) is 6.50. The third-order valence-electron chi connectivity index (χ3n) is 3.16. The third-order valence-corrected chi connectivity index (χ3v) is 3.16. The van der Waals surface area contributed by atoms with E-state index in [2.05, 4.69) is 37.9 Å². The van der Waals surface area contributed by atoms with Crippen LogP contribution in [0, 0.1) is 0 Å². The number of rotatable bonds is 6. The molecule has 3 heteroatoms. The van der Waals surface area contributed by atoms with Crippen molar-refractivity contribution in [1.29, 1.82) is 0 Å². The van der Waals surface area contributed by atoms with Crippen LogP contribution in [0.2, 0.25) is 0 Å². The van der Waals surface area contributed by atoms with Crippen molar-refractivity contribution < 1.29 is 4.74 Å². The molecule has 1 heterocycles. The van der Waals surface area contributed by atoms with E-state index >= 15 is 0 Å². The quantitative estimate of drug-likeness (QED) is 0.723. The van der Waals surface area contributed by atoms with Gasteiger partial charge in [-0.25, -0.2) is 0 Å². The molecule has 17 heavy (non-hydrogen) atoms. The molecule has 102 valence electrons. The Morgan fingerprint density at radius 1 is 1.00 bits per heavy atom. The number of nitrogens with one attached hydrogen (secondary N) is 1. The summed E-state index contributed by atoms with van der Waals surface area (Å²) in [4.78, 5) is 2.56. The third kappa shape index (κ3) is 5.84. The van der Waals surface area contributed by atoms with Crippen molar-refractivity contribution >= 4 is 0 Å². The molecule has 0 unspecified atom stereocenters. The highest BCUT2D eigenvalue weighted by Gasteiger charge is 2.37. The summed E-state index contributed by atoms with van der Waals surface area (Å²) in [5, 5.41) is 3.20. The molecule has 0 aromatic carbocycles. The van der Waals surface area contributed by atoms with Crippen LogP contribution in [0.5, 0.6) is 0 Å². The van der Waals surface area contributed by atoms with Crippen LogP contribution in [-0.4, -0.2) is 49.3 Å². The van der Waals surface area contributed by atoms with E-state index in [9.17, 15) is 0 Å². The zero-order valence-corrected chi connectivity index (χ0v) is 12.3. The van der Waals surface area contributed by atoms with Crippen molar-refractivity contribution in [3.63, 3.8) is 0 Å². The average Bonchev–Trinajstić information content (AvgIpc) is 2.12. The number of nitrogens with zero attached hydrogens (tertiary/aromatic N) is 1. The van der Waals surface area contributed by atoms with Gasteiger partial charge in [-0.2, -0.15) is 0 Å². The fourth-order valence-corrected chi connectivity index (χ4v) is 2.92. The van der Waals surface area contributed by atoms with Gasteiger partial charge in [-0.05, 0) is 60.7 Å². The molecular weight excluding hydrogens is 212 g/mol. The molecule has 1 fully saturated rings. The van der Waals surface area contributed by atoms with Gasteiger partial charge in [-0.1, -0.05) is 6.42 Å². The maximum Gasteiger partial charge on any atom is 0.0760 e. The Kier molecular flexibility index (Phi) is 5.42. The van der Waals surface area contributed by atoms with Gasteiger partial charge >= 0.3 is 0 Å². The number of hydrogen-bond donors (Lipinski definition) is 1. The smallest absolute Gasteiger partial charge is 0.0760 e. The van der Waals surface area contributed by atoms with Crippen molar-refractivity contribution in [3.05, 3.63) is 0 Å². The Labute approximate surface area is 107 Å². The standard InChI is InChI=1S/C14H30N2O/c1-13(2)11-16(12-14(3,4)17-13)10-8-6-7-9-15-5/h15H,6-12H2,1-5H3. The monoisotopic (exact) mass is 242 g/mol. The molecule has 1 rings (SSSR count). The summed E-state index contributed by atoms with van der Waals surface area (Å²) in [5.74, 6) is 0. The molecule has 0 bridgehead atoms. The van der Waals surface area contributed by atoms with Gasteiger partial charge in [-0.3, -0.25) is 4.90 Å². The lowest BCUT2D eigenvalue weighted by atomic mass is 9.98. The van der Waals surface area contributed by atoms with Gasteiger partial charge in [0.05, 0.1) is 11.2 Å². The van der Waals surface area contributed by atoms with Crippen LogP contribution in [0.4, 0.5) is 0 Å². The van der Waals surface area contributed by atoms with Crippen molar-refractivity contribution in [2.75, 3.05) is 33.2 Å². The summed E-state index contributed by atoms with van der Waals surface area (Å²) in [6, 6.07) is 0. The minimum atomic E-state index is -0.00722. The van der Waals surface area contributed by atoms with E-state index in [1.54, 1.807) is 0 Å². The second-order valence-corrected chi connectivity index (χ2v) is 6.50. The summed E-state index contributed by atoms with van der Waals surface area (Å²) >= 11 is 0. The largest absolute Gasteiger partial charge is 0.367 e. The molecular formula is C14H30N2O. The Hall–Kier alpha value is -0.120. The molecule has 1 N–H and O–H groups in total. The maximum atomic E-state index is 6.08. The zero-order valence-electron chi connectivity index (χ0n) is 12.3. The van der Waals surface area contributed by atoms with Crippen LogP contribution in [0.1, 0.15) is 47.0 Å². The summed E-state index contributed by atoms with van der Waals surface area (Å²) in [5.41, 5.74) is -0.0144. The average molecular weight is 242 g/mol. The number of ether oxygens (including phenoxy) is 1. The van der Waals surface area contributed by atoms with E-state index in [-0.39, 0.29) is 11.2 Å². The van der Waals surface area contributed by atoms with Gasteiger partial charge < -0.3 is 10.1 Å². The van der Waals surface area contributed by atoms with E-state index in [1.807, 2.05) is 7.05 Å². The van der Waals surface area contributed by atoms with E-state index < -0.39 is 0 Å². The van der Waals surface area contributed by atoms with Crippen LogP contribution < -0.4 is 5.32 Å². The zero-order chi connectivity index (χ0) is 12.9. The SMILES string of the molecule is CNCCCCCN1CC(C)(C)OC(C)(C)C1. The molecule has 0 aromatic heterocycles. The van der Waals surface area contributed by atoms with Gasteiger partial charge in [0.1, 0.15) is 0 Å². The first-order valence-corrected chi connectivity index (χ1v) is 6.92. The number of morpholine rings is 1. The molecule has 0 aliphatic carbocycles. The first-order valence-electron chi connectivity index (χ1n) is 6.92. The fourth-order valence-electron chi connectivity index (χ4n) is 2.92. The van der Waals surface area contributed by atoms with E-state index in [0.29, 0.717) is 0 Å². The highest BCUT2D eigenvalue weighted by atomic mass is 16.5.